The maximum atomic E-state index is 12.1. The lowest BCUT2D eigenvalue weighted by Gasteiger charge is -2.03. The number of nitrogens with zero attached hydrogens (tertiary/aromatic N) is 1. The Balaban J connectivity index is 2.99. The number of halogens is 3. The van der Waals surface area contributed by atoms with Crippen LogP contribution in [0.25, 0.3) is 0 Å². The number of carbonyl (C=O) groups is 1. The number of oxazole rings is 1. The first-order valence-electron chi connectivity index (χ1n) is 3.58. The molecule has 0 aliphatic carbocycles. The molecule has 1 aromatic heterocycles. The standard InChI is InChI=1S/C7H5F3NO3/c1-2-13-6(12)4-5(7(8,9)10)11-3-14-4/h2H2,1H3. The van der Waals surface area contributed by atoms with E-state index in [1.54, 1.807) is 6.39 Å². The normalized spacial score (nSPS) is 11.4. The van der Waals surface area contributed by atoms with Crippen LogP contribution in [0.1, 0.15) is 23.2 Å². The molecule has 1 rings (SSSR count). The second-order valence-corrected chi connectivity index (χ2v) is 2.20. The van der Waals surface area contributed by atoms with E-state index in [4.69, 9.17) is 0 Å². The Morgan fingerprint density at radius 2 is 2.29 bits per heavy atom. The fraction of sp³-hybridized carbons (Fsp3) is 0.429. The van der Waals surface area contributed by atoms with Crippen molar-refractivity contribution in [2.75, 3.05) is 6.61 Å². The molecule has 0 aliphatic heterocycles. The molecule has 1 heterocycles. The predicted octanol–water partition coefficient (Wildman–Crippen LogP) is 1.67. The first kappa shape index (κ1) is 10.6. The van der Waals surface area contributed by atoms with Crippen LogP contribution in [0.15, 0.2) is 4.42 Å². The number of hydrogen-bond donors (Lipinski definition) is 0. The van der Waals surface area contributed by atoms with Crippen LogP contribution in [-0.4, -0.2) is 17.6 Å². The fourth-order valence-electron chi connectivity index (χ4n) is 0.740. The van der Waals surface area contributed by atoms with Gasteiger partial charge < -0.3 is 9.15 Å². The van der Waals surface area contributed by atoms with Crippen LogP contribution >= 0.6 is 0 Å². The summed E-state index contributed by atoms with van der Waals surface area (Å²) in [6, 6.07) is 0. The van der Waals surface area contributed by atoms with Crippen LogP contribution in [0.4, 0.5) is 13.2 Å². The average Bonchev–Trinajstić information content (AvgIpc) is 2.50. The zero-order valence-corrected chi connectivity index (χ0v) is 7.01. The predicted molar refractivity (Wildman–Crippen MR) is 36.3 cm³/mol. The number of ether oxygens (including phenoxy) is 1. The van der Waals surface area contributed by atoms with Crippen LogP contribution in [0.5, 0.6) is 0 Å². The van der Waals surface area contributed by atoms with Gasteiger partial charge in [0, 0.05) is 0 Å². The first-order valence-corrected chi connectivity index (χ1v) is 3.58. The molecule has 4 nitrogen and oxygen atoms in total. The Bertz CT molecular complexity index is 331. The Labute approximate surface area is 76.7 Å². The smallest absolute Gasteiger partial charge is 0.437 e. The Hall–Kier alpha value is -1.53. The van der Waals surface area contributed by atoms with Crippen LogP contribution in [0.3, 0.4) is 0 Å². The lowest BCUT2D eigenvalue weighted by atomic mass is 10.3. The maximum absolute atomic E-state index is 12.1. The van der Waals surface area contributed by atoms with Gasteiger partial charge in [-0.2, -0.15) is 18.2 Å². The molecule has 0 bridgehead atoms. The molecule has 0 saturated carbocycles. The number of rotatable bonds is 2. The molecule has 1 aromatic rings. The van der Waals surface area contributed by atoms with Crippen LogP contribution in [-0.2, 0) is 10.9 Å². The van der Waals surface area contributed by atoms with E-state index in [0.29, 0.717) is 0 Å². The average molecular weight is 208 g/mol. The second kappa shape index (κ2) is 3.69. The minimum Gasteiger partial charge on any atom is -0.460 e. The van der Waals surface area contributed by atoms with E-state index in [9.17, 15) is 18.0 Å². The highest BCUT2D eigenvalue weighted by atomic mass is 19.4. The van der Waals surface area contributed by atoms with Crippen LogP contribution in [0.2, 0.25) is 0 Å². The molecule has 0 saturated heterocycles. The summed E-state index contributed by atoms with van der Waals surface area (Å²) in [4.78, 5) is 13.7. The summed E-state index contributed by atoms with van der Waals surface area (Å²) in [5.41, 5.74) is -1.42. The summed E-state index contributed by atoms with van der Waals surface area (Å²) in [7, 11) is 0. The van der Waals surface area contributed by atoms with E-state index in [1.807, 2.05) is 0 Å². The molecule has 0 aromatic carbocycles. The molecular formula is C7H5F3NO3. The minimum atomic E-state index is -4.74. The van der Waals surface area contributed by atoms with Gasteiger partial charge in [-0.3, -0.25) is 0 Å². The maximum Gasteiger partial charge on any atom is 0.437 e. The van der Waals surface area contributed by atoms with E-state index in [1.165, 1.54) is 6.92 Å². The van der Waals surface area contributed by atoms with E-state index in [2.05, 4.69) is 14.1 Å². The van der Waals surface area contributed by atoms with E-state index >= 15 is 0 Å². The van der Waals surface area contributed by atoms with E-state index < -0.39 is 23.6 Å². The Morgan fingerprint density at radius 3 is 2.79 bits per heavy atom. The van der Waals surface area contributed by atoms with Crippen molar-refractivity contribution >= 4 is 5.97 Å². The van der Waals surface area contributed by atoms with Gasteiger partial charge in [-0.15, -0.1) is 0 Å². The van der Waals surface area contributed by atoms with Gasteiger partial charge in [0.2, 0.25) is 5.76 Å². The van der Waals surface area contributed by atoms with Crippen molar-refractivity contribution in [1.82, 2.24) is 4.98 Å². The van der Waals surface area contributed by atoms with Crippen molar-refractivity contribution in [2.45, 2.75) is 13.1 Å². The second-order valence-electron chi connectivity index (χ2n) is 2.20. The highest BCUT2D eigenvalue weighted by Crippen LogP contribution is 2.30. The number of carbonyl (C=O) groups excluding carboxylic acids is 1. The largest absolute Gasteiger partial charge is 0.460 e. The monoisotopic (exact) mass is 208 g/mol. The summed E-state index contributed by atoms with van der Waals surface area (Å²) in [6.45, 7) is 1.42. The fourth-order valence-corrected chi connectivity index (χ4v) is 0.740. The quantitative estimate of drug-likeness (QED) is 0.693. The third-order valence-corrected chi connectivity index (χ3v) is 1.25. The van der Waals surface area contributed by atoms with Crippen LogP contribution < -0.4 is 0 Å². The summed E-state index contributed by atoms with van der Waals surface area (Å²) in [5.74, 6) is -2.17. The van der Waals surface area contributed by atoms with E-state index in [-0.39, 0.29) is 6.61 Å². The van der Waals surface area contributed by atoms with Crippen molar-refractivity contribution in [3.63, 3.8) is 0 Å². The number of aromatic nitrogens is 1. The number of alkyl halides is 3. The van der Waals surface area contributed by atoms with Crippen molar-refractivity contribution < 1.29 is 27.1 Å². The molecule has 0 fully saturated rings. The van der Waals surface area contributed by atoms with Crippen molar-refractivity contribution in [1.29, 1.82) is 0 Å². The van der Waals surface area contributed by atoms with E-state index in [0.717, 1.165) is 0 Å². The van der Waals surface area contributed by atoms with Gasteiger partial charge in [0.1, 0.15) is 0 Å². The molecule has 0 N–H and O–H groups in total. The van der Waals surface area contributed by atoms with Crippen molar-refractivity contribution in [3.8, 4) is 0 Å². The third kappa shape index (κ3) is 2.04. The SMILES string of the molecule is CCOC(=O)c1o[c]nc1C(F)(F)F. The van der Waals surface area contributed by atoms with Crippen molar-refractivity contribution in [2.24, 2.45) is 0 Å². The van der Waals surface area contributed by atoms with Crippen molar-refractivity contribution in [3.05, 3.63) is 17.8 Å². The molecule has 1 radical (unpaired) electrons. The Kier molecular flexibility index (Phi) is 2.78. The molecule has 0 amide bonds. The molecule has 0 atom stereocenters. The van der Waals surface area contributed by atoms with Gasteiger partial charge in [-0.25, -0.2) is 4.79 Å². The molecule has 7 heteroatoms. The van der Waals surface area contributed by atoms with Gasteiger partial charge in [-0.05, 0) is 6.92 Å². The summed E-state index contributed by atoms with van der Waals surface area (Å²) < 4.78 is 44.9. The molecular weight excluding hydrogens is 203 g/mol. The summed E-state index contributed by atoms with van der Waals surface area (Å²) in [6.07, 6.45) is -3.15. The number of esters is 1. The molecule has 77 valence electrons. The van der Waals surface area contributed by atoms with Gasteiger partial charge in [0.15, 0.2) is 5.69 Å². The van der Waals surface area contributed by atoms with Gasteiger partial charge in [0.05, 0.1) is 6.61 Å². The van der Waals surface area contributed by atoms with Gasteiger partial charge in [-0.1, -0.05) is 0 Å². The molecule has 0 spiro atoms. The Morgan fingerprint density at radius 1 is 1.64 bits per heavy atom. The molecule has 0 unspecified atom stereocenters. The highest BCUT2D eigenvalue weighted by Gasteiger charge is 2.40. The zero-order chi connectivity index (χ0) is 10.8. The third-order valence-electron chi connectivity index (χ3n) is 1.25. The lowest BCUT2D eigenvalue weighted by Crippen LogP contribution is -2.14. The minimum absolute atomic E-state index is 0.0448. The summed E-state index contributed by atoms with van der Waals surface area (Å²) in [5, 5.41) is 0. The first-order chi connectivity index (χ1) is 6.46. The van der Waals surface area contributed by atoms with Crippen LogP contribution in [0, 0.1) is 6.39 Å². The number of hydrogen-bond acceptors (Lipinski definition) is 4. The molecule has 0 aliphatic rings. The zero-order valence-electron chi connectivity index (χ0n) is 7.01. The lowest BCUT2D eigenvalue weighted by molar-refractivity contribution is -0.141. The van der Waals surface area contributed by atoms with Gasteiger partial charge in [0.25, 0.3) is 6.39 Å². The molecule has 14 heavy (non-hydrogen) atoms. The topological polar surface area (TPSA) is 52.3 Å². The summed E-state index contributed by atoms with van der Waals surface area (Å²) >= 11 is 0. The van der Waals surface area contributed by atoms with Gasteiger partial charge >= 0.3 is 12.1 Å². The highest BCUT2D eigenvalue weighted by molar-refractivity contribution is 5.87.